The molecule has 1 aromatic rings. The summed E-state index contributed by atoms with van der Waals surface area (Å²) in [4.78, 5) is 16.3. The number of pyridine rings is 1. The van der Waals surface area contributed by atoms with Gasteiger partial charge in [0.15, 0.2) is 0 Å². The number of rotatable bonds is 5. The second-order valence-corrected chi connectivity index (χ2v) is 5.35. The van der Waals surface area contributed by atoms with E-state index in [2.05, 4.69) is 15.6 Å². The molecule has 0 spiro atoms. The van der Waals surface area contributed by atoms with E-state index in [1.807, 2.05) is 26.0 Å². The van der Waals surface area contributed by atoms with E-state index in [1.165, 1.54) is 0 Å². The van der Waals surface area contributed by atoms with Crippen molar-refractivity contribution in [2.45, 2.75) is 51.8 Å². The molecular weight excluding hydrogens is 254 g/mol. The van der Waals surface area contributed by atoms with Gasteiger partial charge in [0.05, 0.1) is 12.1 Å². The van der Waals surface area contributed by atoms with E-state index in [1.54, 1.807) is 6.20 Å². The number of carbonyl (C=O) groups excluding carboxylic acids is 1. The van der Waals surface area contributed by atoms with Crippen molar-refractivity contribution in [1.29, 1.82) is 0 Å². The van der Waals surface area contributed by atoms with Gasteiger partial charge in [-0.15, -0.1) is 0 Å². The standard InChI is InChI=1S/C15H23N3O2/c1-11(2)20-15-12(6-5-9-17-15)10-18-14(19)13-7-3-4-8-16-13/h5-6,9,11,13,16H,3-4,7-8,10H2,1-2H3,(H,18,19). The molecule has 0 saturated carbocycles. The molecule has 1 aromatic heterocycles. The van der Waals surface area contributed by atoms with Crippen LogP contribution in [0.1, 0.15) is 38.7 Å². The van der Waals surface area contributed by atoms with Crippen molar-refractivity contribution in [2.75, 3.05) is 6.54 Å². The maximum absolute atomic E-state index is 12.1. The first-order chi connectivity index (χ1) is 9.66. The highest BCUT2D eigenvalue weighted by Crippen LogP contribution is 2.16. The minimum Gasteiger partial charge on any atom is -0.475 e. The molecule has 1 atom stereocenters. The Hall–Kier alpha value is -1.62. The van der Waals surface area contributed by atoms with Crippen LogP contribution in [0, 0.1) is 0 Å². The maximum atomic E-state index is 12.1. The van der Waals surface area contributed by atoms with E-state index in [9.17, 15) is 4.79 Å². The van der Waals surface area contributed by atoms with Crippen LogP contribution in [0.15, 0.2) is 18.3 Å². The molecule has 110 valence electrons. The number of nitrogens with zero attached hydrogens (tertiary/aromatic N) is 1. The molecule has 1 fully saturated rings. The van der Waals surface area contributed by atoms with Crippen molar-refractivity contribution in [3.8, 4) is 5.88 Å². The van der Waals surface area contributed by atoms with Crippen molar-refractivity contribution in [3.63, 3.8) is 0 Å². The van der Waals surface area contributed by atoms with Crippen LogP contribution >= 0.6 is 0 Å². The number of hydrogen-bond acceptors (Lipinski definition) is 4. The average molecular weight is 277 g/mol. The first kappa shape index (κ1) is 14.8. The molecule has 2 heterocycles. The van der Waals surface area contributed by atoms with Crippen LogP contribution < -0.4 is 15.4 Å². The molecule has 1 aliphatic rings. The molecular formula is C15H23N3O2. The van der Waals surface area contributed by atoms with Crippen LogP contribution in [-0.4, -0.2) is 29.6 Å². The quantitative estimate of drug-likeness (QED) is 0.858. The zero-order valence-corrected chi connectivity index (χ0v) is 12.2. The van der Waals surface area contributed by atoms with Crippen LogP contribution in [0.4, 0.5) is 0 Å². The monoisotopic (exact) mass is 277 g/mol. The number of amides is 1. The topological polar surface area (TPSA) is 63.2 Å². The number of piperidine rings is 1. The Morgan fingerprint density at radius 1 is 1.55 bits per heavy atom. The van der Waals surface area contributed by atoms with Crippen LogP contribution in [0.25, 0.3) is 0 Å². The number of ether oxygens (including phenoxy) is 1. The minimum atomic E-state index is -0.0603. The van der Waals surface area contributed by atoms with Crippen molar-refractivity contribution >= 4 is 5.91 Å². The lowest BCUT2D eigenvalue weighted by molar-refractivity contribution is -0.123. The minimum absolute atomic E-state index is 0.0593. The Labute approximate surface area is 120 Å². The molecule has 0 bridgehead atoms. The second kappa shape index (κ2) is 7.24. The van der Waals surface area contributed by atoms with Crippen LogP contribution in [0.2, 0.25) is 0 Å². The Balaban J connectivity index is 1.91. The van der Waals surface area contributed by atoms with E-state index in [0.717, 1.165) is 31.4 Å². The number of aromatic nitrogens is 1. The summed E-state index contributed by atoms with van der Waals surface area (Å²) in [6, 6.07) is 3.72. The Morgan fingerprint density at radius 3 is 3.10 bits per heavy atom. The van der Waals surface area contributed by atoms with Crippen LogP contribution in [0.3, 0.4) is 0 Å². The lowest BCUT2D eigenvalue weighted by atomic mass is 10.0. The van der Waals surface area contributed by atoms with Crippen LogP contribution in [-0.2, 0) is 11.3 Å². The second-order valence-electron chi connectivity index (χ2n) is 5.35. The molecule has 2 rings (SSSR count). The van der Waals surface area contributed by atoms with Gasteiger partial charge < -0.3 is 15.4 Å². The Bertz CT molecular complexity index is 442. The number of nitrogens with one attached hydrogen (secondary N) is 2. The predicted octanol–water partition coefficient (Wildman–Crippen LogP) is 1.63. The van der Waals surface area contributed by atoms with Crippen molar-refractivity contribution in [2.24, 2.45) is 0 Å². The van der Waals surface area contributed by atoms with Gasteiger partial charge >= 0.3 is 0 Å². The normalized spacial score (nSPS) is 18.9. The zero-order chi connectivity index (χ0) is 14.4. The molecule has 20 heavy (non-hydrogen) atoms. The lowest BCUT2D eigenvalue weighted by Crippen LogP contribution is -2.46. The van der Waals surface area contributed by atoms with E-state index >= 15 is 0 Å². The number of carbonyl (C=O) groups is 1. The van der Waals surface area contributed by atoms with Gasteiger partial charge in [0.1, 0.15) is 0 Å². The third kappa shape index (κ3) is 4.20. The highest BCUT2D eigenvalue weighted by atomic mass is 16.5. The van der Waals surface area contributed by atoms with Crippen molar-refractivity contribution < 1.29 is 9.53 Å². The van der Waals surface area contributed by atoms with Crippen LogP contribution in [0.5, 0.6) is 5.88 Å². The third-order valence-electron chi connectivity index (χ3n) is 3.28. The van der Waals surface area contributed by atoms with Gasteiger partial charge in [-0.25, -0.2) is 4.98 Å². The molecule has 2 N–H and O–H groups in total. The maximum Gasteiger partial charge on any atom is 0.237 e. The molecule has 5 heteroatoms. The van der Waals surface area contributed by atoms with Gasteiger partial charge in [-0.05, 0) is 39.3 Å². The van der Waals surface area contributed by atoms with Gasteiger partial charge in [0.2, 0.25) is 11.8 Å². The summed E-state index contributed by atoms with van der Waals surface area (Å²) < 4.78 is 5.65. The Morgan fingerprint density at radius 2 is 2.40 bits per heavy atom. The predicted molar refractivity (Wildman–Crippen MR) is 77.5 cm³/mol. The molecule has 1 amide bonds. The molecule has 1 saturated heterocycles. The van der Waals surface area contributed by atoms with Crippen molar-refractivity contribution in [1.82, 2.24) is 15.6 Å². The summed E-state index contributed by atoms with van der Waals surface area (Å²) in [5, 5.41) is 6.20. The van der Waals surface area contributed by atoms with E-state index < -0.39 is 0 Å². The van der Waals surface area contributed by atoms with E-state index in [4.69, 9.17) is 4.74 Å². The molecule has 0 aromatic carbocycles. The fourth-order valence-corrected chi connectivity index (χ4v) is 2.27. The fraction of sp³-hybridized carbons (Fsp3) is 0.600. The van der Waals surface area contributed by atoms with E-state index in [-0.39, 0.29) is 18.1 Å². The van der Waals surface area contributed by atoms with Crippen molar-refractivity contribution in [3.05, 3.63) is 23.9 Å². The number of hydrogen-bond donors (Lipinski definition) is 2. The highest BCUT2D eigenvalue weighted by Gasteiger charge is 2.20. The largest absolute Gasteiger partial charge is 0.475 e. The van der Waals surface area contributed by atoms with Gasteiger partial charge in [-0.3, -0.25) is 4.79 Å². The van der Waals surface area contributed by atoms with Gasteiger partial charge in [-0.2, -0.15) is 0 Å². The summed E-state index contributed by atoms with van der Waals surface area (Å²) in [5.41, 5.74) is 0.908. The summed E-state index contributed by atoms with van der Waals surface area (Å²) in [6.45, 7) is 5.30. The van der Waals surface area contributed by atoms with Gasteiger partial charge in [0, 0.05) is 18.3 Å². The first-order valence-electron chi connectivity index (χ1n) is 7.28. The summed E-state index contributed by atoms with van der Waals surface area (Å²) >= 11 is 0. The first-order valence-corrected chi connectivity index (χ1v) is 7.28. The summed E-state index contributed by atoms with van der Waals surface area (Å²) in [5.74, 6) is 0.656. The summed E-state index contributed by atoms with van der Waals surface area (Å²) in [6.07, 6.45) is 4.94. The fourth-order valence-electron chi connectivity index (χ4n) is 2.27. The third-order valence-corrected chi connectivity index (χ3v) is 3.28. The molecule has 0 radical (unpaired) electrons. The lowest BCUT2D eigenvalue weighted by Gasteiger charge is -2.22. The molecule has 5 nitrogen and oxygen atoms in total. The smallest absolute Gasteiger partial charge is 0.237 e. The summed E-state index contributed by atoms with van der Waals surface area (Å²) in [7, 11) is 0. The molecule has 0 aliphatic carbocycles. The highest BCUT2D eigenvalue weighted by molar-refractivity contribution is 5.81. The van der Waals surface area contributed by atoms with Gasteiger partial charge in [0.25, 0.3) is 0 Å². The molecule has 1 unspecified atom stereocenters. The Kier molecular flexibility index (Phi) is 5.35. The average Bonchev–Trinajstić information content (AvgIpc) is 2.46. The molecule has 1 aliphatic heterocycles. The van der Waals surface area contributed by atoms with E-state index in [0.29, 0.717) is 12.4 Å². The van der Waals surface area contributed by atoms with Gasteiger partial charge in [-0.1, -0.05) is 12.5 Å². The SMILES string of the molecule is CC(C)Oc1ncccc1CNC(=O)C1CCCCN1. The zero-order valence-electron chi connectivity index (χ0n) is 12.2.